The molecular weight excluding hydrogens is 422 g/mol. The molecule has 152 valence electrons. The minimum absolute atomic E-state index is 0.157. The lowest BCUT2D eigenvalue weighted by Crippen LogP contribution is -2.12. The molecule has 1 atom stereocenters. The highest BCUT2D eigenvalue weighted by Gasteiger charge is 2.15. The molecule has 1 unspecified atom stereocenters. The number of nitrogen functional groups attached to an aromatic ring is 1. The number of ether oxygens (including phenoxy) is 1. The first-order chi connectivity index (χ1) is 13.8. The number of benzene rings is 1. The number of hydrogen-bond donors (Lipinski definition) is 1. The van der Waals surface area contributed by atoms with Crippen LogP contribution in [0.3, 0.4) is 0 Å². The second kappa shape index (κ2) is 11.0. The Bertz CT molecular complexity index is 951. The van der Waals surface area contributed by atoms with Crippen LogP contribution < -0.4 is 5.73 Å². The van der Waals surface area contributed by atoms with Crippen LogP contribution in [0.25, 0.3) is 0 Å². The lowest BCUT2D eigenvalue weighted by atomic mass is 9.94. The third kappa shape index (κ3) is 6.92. The van der Waals surface area contributed by atoms with Crippen molar-refractivity contribution in [1.29, 1.82) is 0 Å². The minimum atomic E-state index is -0.157. The molecule has 0 radical (unpaired) electrons. The first kappa shape index (κ1) is 23.0. The molecule has 1 aliphatic carbocycles. The number of anilines is 1. The van der Waals surface area contributed by atoms with Crippen molar-refractivity contribution in [3.05, 3.63) is 98.9 Å². The normalized spacial score (nSPS) is 14.8. The molecule has 0 bridgehead atoms. The van der Waals surface area contributed by atoms with Crippen LogP contribution in [-0.2, 0) is 11.3 Å². The zero-order valence-corrected chi connectivity index (χ0v) is 19.2. The molecule has 2 nitrogen and oxygen atoms in total. The van der Waals surface area contributed by atoms with E-state index in [1.54, 1.807) is 0 Å². The van der Waals surface area contributed by atoms with Crippen molar-refractivity contribution < 1.29 is 4.74 Å². The minimum Gasteiger partial charge on any atom is -0.399 e. The molecule has 0 aromatic heterocycles. The average Bonchev–Trinajstić information content (AvgIpc) is 2.69. The van der Waals surface area contributed by atoms with Gasteiger partial charge in [-0.1, -0.05) is 49.2 Å². The summed E-state index contributed by atoms with van der Waals surface area (Å²) >= 11 is 3.72. The molecule has 0 fully saturated rings. The predicted octanol–water partition coefficient (Wildman–Crippen LogP) is 7.32. The summed E-state index contributed by atoms with van der Waals surface area (Å²) in [5.41, 5.74) is 19.5. The van der Waals surface area contributed by atoms with Gasteiger partial charge in [-0.15, -0.1) is 0 Å². The van der Waals surface area contributed by atoms with E-state index in [-0.39, 0.29) is 6.10 Å². The van der Waals surface area contributed by atoms with E-state index in [0.717, 1.165) is 57.3 Å². The lowest BCUT2D eigenvalue weighted by molar-refractivity contribution is 0.0787. The maximum Gasteiger partial charge on any atom is 0.0890 e. The highest BCUT2D eigenvalue weighted by Crippen LogP contribution is 2.30. The summed E-state index contributed by atoms with van der Waals surface area (Å²) in [4.78, 5) is 0. The van der Waals surface area contributed by atoms with Crippen molar-refractivity contribution in [1.82, 2.24) is 0 Å². The fourth-order valence-corrected chi connectivity index (χ4v) is 3.63. The van der Waals surface area contributed by atoms with Crippen molar-refractivity contribution in [3.8, 4) is 0 Å². The van der Waals surface area contributed by atoms with E-state index >= 15 is 0 Å². The Hall–Kier alpha value is -2.28. The molecule has 0 spiro atoms. The largest absolute Gasteiger partial charge is 0.399 e. The number of hydrogen-bond acceptors (Lipinski definition) is 2. The molecule has 2 rings (SSSR count). The Balaban J connectivity index is 2.16. The highest BCUT2D eigenvalue weighted by atomic mass is 79.9. The Morgan fingerprint density at radius 1 is 1.28 bits per heavy atom. The van der Waals surface area contributed by atoms with Crippen LogP contribution in [0.1, 0.15) is 45.6 Å². The van der Waals surface area contributed by atoms with E-state index in [1.165, 1.54) is 5.57 Å². The molecule has 0 heterocycles. The van der Waals surface area contributed by atoms with E-state index in [9.17, 15) is 0 Å². The SMILES string of the molecule is C=C(CC)CCC(=C)C1=C(C)C=C=C=C(C(C)OCc2cccc(N)c2)C(Br)=C1. The molecule has 0 aliphatic heterocycles. The number of rotatable bonds is 9. The van der Waals surface area contributed by atoms with Crippen molar-refractivity contribution in [2.75, 3.05) is 5.73 Å². The number of nitrogens with two attached hydrogens (primary N) is 1. The summed E-state index contributed by atoms with van der Waals surface area (Å²) in [7, 11) is 0. The van der Waals surface area contributed by atoms with Gasteiger partial charge in [0.1, 0.15) is 0 Å². The Kier molecular flexibility index (Phi) is 8.76. The third-order valence-electron chi connectivity index (χ3n) is 4.97. The number of halogens is 1. The van der Waals surface area contributed by atoms with Crippen LogP contribution in [0.4, 0.5) is 5.69 Å². The summed E-state index contributed by atoms with van der Waals surface area (Å²) < 4.78 is 7.01. The molecule has 29 heavy (non-hydrogen) atoms. The van der Waals surface area contributed by atoms with Gasteiger partial charge in [0, 0.05) is 15.7 Å². The van der Waals surface area contributed by atoms with Gasteiger partial charge in [-0.05, 0) is 95.6 Å². The monoisotopic (exact) mass is 451 g/mol. The van der Waals surface area contributed by atoms with Crippen molar-refractivity contribution in [3.63, 3.8) is 0 Å². The second-order valence-corrected chi connectivity index (χ2v) is 8.18. The van der Waals surface area contributed by atoms with Crippen LogP contribution in [0.15, 0.2) is 93.4 Å². The van der Waals surface area contributed by atoms with Crippen molar-refractivity contribution in [2.24, 2.45) is 0 Å². The molecule has 3 heteroatoms. The van der Waals surface area contributed by atoms with Gasteiger partial charge >= 0.3 is 0 Å². The van der Waals surface area contributed by atoms with Crippen LogP contribution in [0.5, 0.6) is 0 Å². The summed E-state index contributed by atoms with van der Waals surface area (Å²) in [6.07, 6.45) is 6.77. The van der Waals surface area contributed by atoms with Gasteiger partial charge in [-0.25, -0.2) is 0 Å². The number of allylic oxidation sites excluding steroid dienone is 6. The topological polar surface area (TPSA) is 35.2 Å². The van der Waals surface area contributed by atoms with E-state index in [2.05, 4.69) is 60.5 Å². The molecule has 1 aromatic rings. The maximum atomic E-state index is 6.08. The molecule has 2 N–H and O–H groups in total. The van der Waals surface area contributed by atoms with Crippen molar-refractivity contribution in [2.45, 2.75) is 52.7 Å². The first-order valence-electron chi connectivity index (χ1n) is 9.92. The Labute approximate surface area is 183 Å². The van der Waals surface area contributed by atoms with E-state index in [0.29, 0.717) is 6.61 Å². The van der Waals surface area contributed by atoms with Gasteiger partial charge in [0.05, 0.1) is 12.7 Å². The zero-order chi connectivity index (χ0) is 21.4. The standard InChI is InChI=1S/C26H30BrNO/c1-6-18(2)13-14-20(4)25-16-26(27)24(12-7-9-19(25)3)21(5)29-17-22-10-8-11-23(28)15-22/h8-11,15-16,21H,2,4,6,13-14,17,28H2,1,3,5H3. The van der Waals surface area contributed by atoms with E-state index < -0.39 is 0 Å². The molecular formula is C26H30BrNO. The van der Waals surface area contributed by atoms with Gasteiger partial charge < -0.3 is 10.5 Å². The summed E-state index contributed by atoms with van der Waals surface area (Å²) in [5.74, 6) is 0. The highest BCUT2D eigenvalue weighted by molar-refractivity contribution is 9.12. The molecule has 0 saturated heterocycles. The fraction of sp³-hybridized carbons (Fsp3) is 0.308. The van der Waals surface area contributed by atoms with Crippen molar-refractivity contribution >= 4 is 21.6 Å². The van der Waals surface area contributed by atoms with Crippen LogP contribution in [0, 0.1) is 0 Å². The van der Waals surface area contributed by atoms with E-state index in [4.69, 9.17) is 10.5 Å². The Morgan fingerprint density at radius 2 is 2.03 bits per heavy atom. The maximum absolute atomic E-state index is 6.08. The smallest absolute Gasteiger partial charge is 0.0890 e. The quantitative estimate of drug-likeness (QED) is 0.242. The molecule has 1 aliphatic rings. The van der Waals surface area contributed by atoms with Gasteiger partial charge in [0.15, 0.2) is 0 Å². The summed E-state index contributed by atoms with van der Waals surface area (Å²) in [5, 5.41) is 0. The van der Waals surface area contributed by atoms with E-state index in [1.807, 2.05) is 37.3 Å². The second-order valence-electron chi connectivity index (χ2n) is 7.32. The predicted molar refractivity (Wildman–Crippen MR) is 128 cm³/mol. The first-order valence-corrected chi connectivity index (χ1v) is 10.7. The van der Waals surface area contributed by atoms with Crippen LogP contribution in [-0.4, -0.2) is 6.10 Å². The van der Waals surface area contributed by atoms with Gasteiger partial charge in [0.2, 0.25) is 0 Å². The molecule has 0 amide bonds. The van der Waals surface area contributed by atoms with Gasteiger partial charge in [-0.3, -0.25) is 0 Å². The molecule has 1 aromatic carbocycles. The average molecular weight is 452 g/mol. The summed E-state index contributed by atoms with van der Waals surface area (Å²) in [6, 6.07) is 7.74. The fourth-order valence-electron chi connectivity index (χ4n) is 2.98. The van der Waals surface area contributed by atoms with Crippen LogP contribution in [0.2, 0.25) is 0 Å². The van der Waals surface area contributed by atoms with Crippen LogP contribution >= 0.6 is 15.9 Å². The lowest BCUT2D eigenvalue weighted by Gasteiger charge is -2.17. The van der Waals surface area contributed by atoms with Gasteiger partial charge in [0.25, 0.3) is 0 Å². The summed E-state index contributed by atoms with van der Waals surface area (Å²) in [6.45, 7) is 15.1. The molecule has 0 saturated carbocycles. The Morgan fingerprint density at radius 3 is 2.72 bits per heavy atom. The van der Waals surface area contributed by atoms with Gasteiger partial charge in [-0.2, -0.15) is 0 Å². The third-order valence-corrected chi connectivity index (χ3v) is 5.62. The zero-order valence-electron chi connectivity index (χ0n) is 17.6.